The van der Waals surface area contributed by atoms with Crippen LogP contribution in [0.2, 0.25) is 0 Å². The van der Waals surface area contributed by atoms with Crippen LogP contribution in [0.1, 0.15) is 21.5 Å². The summed E-state index contributed by atoms with van der Waals surface area (Å²) in [6, 6.07) is 10.9. The van der Waals surface area contributed by atoms with Crippen molar-refractivity contribution in [3.63, 3.8) is 0 Å². The lowest BCUT2D eigenvalue weighted by Crippen LogP contribution is -2.26. The van der Waals surface area contributed by atoms with Crippen molar-refractivity contribution in [3.05, 3.63) is 59.5 Å². The molecular weight excluding hydrogens is 346 g/mol. The monoisotopic (exact) mass is 367 g/mol. The lowest BCUT2D eigenvalue weighted by Gasteiger charge is -2.20. The summed E-state index contributed by atoms with van der Waals surface area (Å²) in [5.74, 6) is 1.65. The Bertz CT molecular complexity index is 921. The number of rotatable bonds is 6. The summed E-state index contributed by atoms with van der Waals surface area (Å²) in [4.78, 5) is 14.4. The van der Waals surface area contributed by atoms with Gasteiger partial charge >= 0.3 is 0 Å². The second-order valence-corrected chi connectivity index (χ2v) is 6.12. The third-order valence-electron chi connectivity index (χ3n) is 4.34. The Labute approximate surface area is 157 Å². The molecule has 0 saturated carbocycles. The van der Waals surface area contributed by atoms with E-state index in [-0.39, 0.29) is 5.91 Å². The van der Waals surface area contributed by atoms with Gasteiger partial charge in [-0.1, -0.05) is 0 Å². The predicted molar refractivity (Wildman–Crippen MR) is 99.8 cm³/mol. The van der Waals surface area contributed by atoms with Crippen molar-refractivity contribution in [2.45, 2.75) is 13.5 Å². The summed E-state index contributed by atoms with van der Waals surface area (Å²) in [5.41, 5.74) is 3.37. The molecule has 0 aliphatic heterocycles. The van der Waals surface area contributed by atoms with Crippen LogP contribution in [-0.2, 0) is 6.54 Å². The van der Waals surface area contributed by atoms with Crippen molar-refractivity contribution < 1.29 is 18.7 Å². The zero-order valence-electron chi connectivity index (χ0n) is 15.7. The van der Waals surface area contributed by atoms with Crippen LogP contribution in [0.15, 0.2) is 47.2 Å². The quantitative estimate of drug-likeness (QED) is 0.665. The van der Waals surface area contributed by atoms with Crippen molar-refractivity contribution in [2.24, 2.45) is 0 Å². The van der Waals surface area contributed by atoms with Gasteiger partial charge in [-0.05, 0) is 54.4 Å². The second-order valence-electron chi connectivity index (χ2n) is 6.12. The third kappa shape index (κ3) is 3.92. The highest BCUT2D eigenvalue weighted by molar-refractivity contribution is 5.94. The van der Waals surface area contributed by atoms with Crippen LogP contribution in [-0.4, -0.2) is 42.3 Å². The van der Waals surface area contributed by atoms with Gasteiger partial charge < -0.3 is 18.8 Å². The number of ether oxygens (including phenoxy) is 2. The largest absolute Gasteiger partial charge is 0.493 e. The molecule has 0 N–H and O–H groups in total. The van der Waals surface area contributed by atoms with Crippen molar-refractivity contribution >= 4 is 5.91 Å². The lowest BCUT2D eigenvalue weighted by molar-refractivity contribution is 0.0785. The summed E-state index contributed by atoms with van der Waals surface area (Å²) in [6.45, 7) is 2.44. The van der Waals surface area contributed by atoms with E-state index in [1.54, 1.807) is 50.4 Å². The Balaban J connectivity index is 1.76. The summed E-state index contributed by atoms with van der Waals surface area (Å²) in [5, 5.41) is 7.51. The minimum absolute atomic E-state index is 0.0822. The first-order valence-electron chi connectivity index (χ1n) is 8.37. The van der Waals surface area contributed by atoms with Gasteiger partial charge in [0.1, 0.15) is 0 Å². The van der Waals surface area contributed by atoms with Gasteiger partial charge in [-0.15, -0.1) is 10.2 Å². The number of amides is 1. The van der Waals surface area contributed by atoms with Gasteiger partial charge in [-0.2, -0.15) is 0 Å². The molecule has 1 amide bonds. The Hall–Kier alpha value is -3.35. The van der Waals surface area contributed by atoms with Gasteiger partial charge in [0.2, 0.25) is 12.3 Å². The molecule has 140 valence electrons. The number of aryl methyl sites for hydroxylation is 1. The van der Waals surface area contributed by atoms with Gasteiger partial charge in [0.15, 0.2) is 11.5 Å². The molecule has 7 nitrogen and oxygen atoms in total. The Morgan fingerprint density at radius 1 is 1.11 bits per heavy atom. The fourth-order valence-corrected chi connectivity index (χ4v) is 2.79. The van der Waals surface area contributed by atoms with Crippen LogP contribution in [0.4, 0.5) is 0 Å². The highest BCUT2D eigenvalue weighted by atomic mass is 16.5. The molecule has 0 fully saturated rings. The normalized spacial score (nSPS) is 10.5. The van der Waals surface area contributed by atoms with E-state index in [1.807, 2.05) is 19.1 Å². The second kappa shape index (κ2) is 7.90. The molecule has 0 aliphatic carbocycles. The van der Waals surface area contributed by atoms with Crippen LogP contribution in [0.5, 0.6) is 11.5 Å². The van der Waals surface area contributed by atoms with Crippen LogP contribution in [0.25, 0.3) is 11.5 Å². The summed E-state index contributed by atoms with van der Waals surface area (Å²) in [6.07, 6.45) is 1.27. The maximum atomic E-state index is 12.8. The number of benzene rings is 2. The molecule has 3 aromatic rings. The molecule has 0 saturated heterocycles. The van der Waals surface area contributed by atoms with E-state index in [9.17, 15) is 4.79 Å². The van der Waals surface area contributed by atoms with Gasteiger partial charge in [0, 0.05) is 24.7 Å². The topological polar surface area (TPSA) is 77.7 Å². The first-order chi connectivity index (χ1) is 13.0. The molecule has 0 atom stereocenters. The highest BCUT2D eigenvalue weighted by Crippen LogP contribution is 2.31. The Kier molecular flexibility index (Phi) is 5.40. The van der Waals surface area contributed by atoms with Gasteiger partial charge in [0.25, 0.3) is 5.91 Å². The van der Waals surface area contributed by atoms with E-state index >= 15 is 0 Å². The average Bonchev–Trinajstić information content (AvgIpc) is 3.23. The van der Waals surface area contributed by atoms with Crippen molar-refractivity contribution in [2.75, 3.05) is 21.3 Å². The van der Waals surface area contributed by atoms with Crippen LogP contribution in [0, 0.1) is 6.92 Å². The molecule has 0 bridgehead atoms. The van der Waals surface area contributed by atoms with E-state index in [1.165, 1.54) is 6.39 Å². The van der Waals surface area contributed by atoms with Crippen LogP contribution in [0.3, 0.4) is 0 Å². The smallest absolute Gasteiger partial charge is 0.253 e. The van der Waals surface area contributed by atoms with E-state index in [4.69, 9.17) is 13.9 Å². The first kappa shape index (κ1) is 18.4. The van der Waals surface area contributed by atoms with Gasteiger partial charge in [0.05, 0.1) is 14.2 Å². The highest BCUT2D eigenvalue weighted by Gasteiger charge is 2.16. The maximum Gasteiger partial charge on any atom is 0.253 e. The Morgan fingerprint density at radius 2 is 1.78 bits per heavy atom. The number of methoxy groups -OCH3 is 2. The predicted octanol–water partition coefficient (Wildman–Crippen LogP) is 3.33. The lowest BCUT2D eigenvalue weighted by atomic mass is 10.1. The first-order valence-corrected chi connectivity index (χ1v) is 8.37. The molecule has 7 heteroatoms. The average molecular weight is 367 g/mol. The fraction of sp³-hybridized carbons (Fsp3) is 0.250. The van der Waals surface area contributed by atoms with Gasteiger partial charge in [-0.3, -0.25) is 4.79 Å². The van der Waals surface area contributed by atoms with Crippen LogP contribution < -0.4 is 9.47 Å². The zero-order valence-corrected chi connectivity index (χ0v) is 15.7. The van der Waals surface area contributed by atoms with Crippen molar-refractivity contribution in [3.8, 4) is 23.0 Å². The minimum Gasteiger partial charge on any atom is -0.493 e. The van der Waals surface area contributed by atoms with Gasteiger partial charge in [-0.25, -0.2) is 0 Å². The molecule has 1 aromatic heterocycles. The molecule has 0 spiro atoms. The number of nitrogens with zero attached hydrogens (tertiary/aromatic N) is 3. The molecule has 3 rings (SSSR count). The van der Waals surface area contributed by atoms with Crippen molar-refractivity contribution in [1.29, 1.82) is 0 Å². The number of hydrogen-bond donors (Lipinski definition) is 0. The number of hydrogen-bond acceptors (Lipinski definition) is 6. The van der Waals surface area contributed by atoms with E-state index < -0.39 is 0 Å². The third-order valence-corrected chi connectivity index (χ3v) is 4.34. The minimum atomic E-state index is -0.0822. The Morgan fingerprint density at radius 3 is 2.37 bits per heavy atom. The molecule has 0 radical (unpaired) electrons. The molecule has 0 unspecified atom stereocenters. The summed E-state index contributed by atoms with van der Waals surface area (Å²) in [7, 11) is 4.96. The molecule has 0 aliphatic rings. The molecule has 1 heterocycles. The maximum absolute atomic E-state index is 12.8. The SMILES string of the molecule is COc1cc(C)c(CN(C)C(=O)c2ccc(-c3nnco3)cc2)cc1OC. The number of aromatic nitrogens is 2. The van der Waals surface area contributed by atoms with E-state index in [2.05, 4.69) is 10.2 Å². The molecule has 27 heavy (non-hydrogen) atoms. The summed E-state index contributed by atoms with van der Waals surface area (Å²) < 4.78 is 15.8. The number of carbonyl (C=O) groups excluding carboxylic acids is 1. The molecule has 2 aromatic carbocycles. The summed E-state index contributed by atoms with van der Waals surface area (Å²) >= 11 is 0. The molecular formula is C20H21N3O4. The number of carbonyl (C=O) groups is 1. The van der Waals surface area contributed by atoms with Crippen LogP contribution >= 0.6 is 0 Å². The van der Waals surface area contributed by atoms with E-state index in [0.29, 0.717) is 29.5 Å². The zero-order chi connectivity index (χ0) is 19.4. The van der Waals surface area contributed by atoms with E-state index in [0.717, 1.165) is 16.7 Å². The van der Waals surface area contributed by atoms with Crippen molar-refractivity contribution in [1.82, 2.24) is 15.1 Å². The standard InChI is InChI=1S/C20H21N3O4/c1-13-9-17(25-3)18(26-4)10-16(13)11-23(2)20(24)15-7-5-14(6-8-15)19-22-21-12-27-19/h5-10,12H,11H2,1-4H3. The fourth-order valence-electron chi connectivity index (χ4n) is 2.79.